The Morgan fingerprint density at radius 3 is 1.08 bits per heavy atom. The summed E-state index contributed by atoms with van der Waals surface area (Å²) in [5, 5.41) is 2.98. The van der Waals surface area contributed by atoms with Gasteiger partial charge in [0.25, 0.3) is 0 Å². The Kier molecular flexibility index (Phi) is 22.1. The molecule has 0 unspecified atom stereocenters. The molecular formula is C18H35Cl2HfSi3-2. The van der Waals surface area contributed by atoms with Gasteiger partial charge >= 0.3 is 0 Å². The molecule has 0 atom stereocenters. The molecule has 0 aromatic carbocycles. The second kappa shape index (κ2) is 16.3. The molecule has 0 nitrogen and oxygen atoms in total. The van der Waals surface area contributed by atoms with Crippen LogP contribution in [0.5, 0.6) is 0 Å². The van der Waals surface area contributed by atoms with Crippen molar-refractivity contribution < 1.29 is 25.8 Å². The van der Waals surface area contributed by atoms with E-state index in [9.17, 15) is 0 Å². The summed E-state index contributed by atoms with van der Waals surface area (Å²) in [5.74, 6) is 0. The first-order chi connectivity index (χ1) is 9.62. The van der Waals surface area contributed by atoms with Crippen molar-refractivity contribution >= 4 is 50.5 Å². The molecule has 139 valence electrons. The van der Waals surface area contributed by atoms with Gasteiger partial charge in [-0.25, -0.2) is 22.5 Å². The molecule has 0 N–H and O–H groups in total. The SMILES string of the molecule is C[SiH]C.C[Si](C)(C)C1=[C-]CC=C1.C[Si](C)(C)C1=[C-]CC=C1.Cl.Cl.[Hf]. The fourth-order valence-corrected chi connectivity index (χ4v) is 4.34. The van der Waals surface area contributed by atoms with E-state index in [0.717, 1.165) is 22.4 Å². The van der Waals surface area contributed by atoms with Crippen LogP contribution in [0, 0.1) is 12.2 Å². The van der Waals surface area contributed by atoms with Gasteiger partial charge in [-0.1, -0.05) is 52.4 Å². The molecule has 0 aliphatic heterocycles. The third kappa shape index (κ3) is 15.3. The number of allylic oxidation sites excluding steroid dienone is 8. The third-order valence-electron chi connectivity index (χ3n) is 3.01. The van der Waals surface area contributed by atoms with Gasteiger partial charge in [0.2, 0.25) is 0 Å². The zero-order chi connectivity index (χ0) is 16.5. The largest absolute Gasteiger partial charge is 0.274 e. The molecule has 0 amide bonds. The Balaban J connectivity index is -0.000000130. The van der Waals surface area contributed by atoms with Gasteiger partial charge < -0.3 is 0 Å². The molecule has 2 aliphatic rings. The van der Waals surface area contributed by atoms with Crippen LogP contribution < -0.4 is 0 Å². The van der Waals surface area contributed by atoms with Crippen LogP contribution in [-0.2, 0) is 25.8 Å². The summed E-state index contributed by atoms with van der Waals surface area (Å²) in [6.45, 7) is 18.5. The quantitative estimate of drug-likeness (QED) is 0.258. The van der Waals surface area contributed by atoms with Gasteiger partial charge in [-0.05, 0) is 0 Å². The Bertz CT molecular complexity index is 389. The van der Waals surface area contributed by atoms with E-state index in [4.69, 9.17) is 0 Å². The van der Waals surface area contributed by atoms with E-state index in [1.807, 2.05) is 0 Å². The van der Waals surface area contributed by atoms with E-state index < -0.39 is 16.1 Å². The van der Waals surface area contributed by atoms with Gasteiger partial charge in [0, 0.05) is 51.5 Å². The van der Waals surface area contributed by atoms with E-state index in [1.54, 1.807) is 0 Å². The fraction of sp³-hybridized carbons (Fsp3) is 0.556. The molecule has 0 saturated heterocycles. The van der Waals surface area contributed by atoms with Crippen LogP contribution in [0.15, 0.2) is 34.7 Å². The molecule has 2 aliphatic carbocycles. The number of halogens is 2. The standard InChI is InChI=1S/2C8H13Si.C2H7Si.2ClH.Hf/c2*1-9(2,3)8-6-4-5-7-8;1-3-2;;;/h2*4,6H,5H2,1-3H3;3H,1-2H3;2*1H;/q2*-1;;;;. The van der Waals surface area contributed by atoms with Gasteiger partial charge in [-0.2, -0.15) is 12.2 Å². The van der Waals surface area contributed by atoms with Crippen LogP contribution >= 0.6 is 24.8 Å². The Labute approximate surface area is 187 Å². The first-order valence-electron chi connectivity index (χ1n) is 7.92. The van der Waals surface area contributed by atoms with Crippen molar-refractivity contribution in [3.8, 4) is 0 Å². The van der Waals surface area contributed by atoms with Crippen LogP contribution in [0.25, 0.3) is 0 Å². The summed E-state index contributed by atoms with van der Waals surface area (Å²) >= 11 is 0. The topological polar surface area (TPSA) is 0 Å². The number of hydrogen-bond acceptors (Lipinski definition) is 0. The Morgan fingerprint density at radius 2 is 1.00 bits per heavy atom. The number of hydrogen-bond donors (Lipinski definition) is 0. The molecular weight excluding hydrogens is 550 g/mol. The van der Waals surface area contributed by atoms with Crippen LogP contribution in [-0.4, -0.2) is 25.7 Å². The number of rotatable bonds is 2. The van der Waals surface area contributed by atoms with Crippen LogP contribution in [0.2, 0.25) is 52.4 Å². The molecule has 0 fully saturated rings. The molecule has 24 heavy (non-hydrogen) atoms. The summed E-state index contributed by atoms with van der Waals surface area (Å²) in [7, 11) is -1.26. The molecule has 2 rings (SSSR count). The van der Waals surface area contributed by atoms with Crippen LogP contribution in [0.3, 0.4) is 0 Å². The van der Waals surface area contributed by atoms with Crippen molar-refractivity contribution in [1.29, 1.82) is 0 Å². The summed E-state index contributed by atoms with van der Waals surface area (Å²) in [5.41, 5.74) is 0. The monoisotopic (exact) mass is 585 g/mol. The van der Waals surface area contributed by atoms with E-state index in [0.29, 0.717) is 0 Å². The normalized spacial score (nSPS) is 14.5. The molecule has 1 radical (unpaired) electrons. The minimum Gasteiger partial charge on any atom is -0.274 e. The van der Waals surface area contributed by atoms with E-state index >= 15 is 0 Å². The van der Waals surface area contributed by atoms with Crippen molar-refractivity contribution in [2.24, 2.45) is 0 Å². The molecule has 0 heterocycles. The van der Waals surface area contributed by atoms with Crippen LogP contribution in [0.1, 0.15) is 12.8 Å². The molecule has 0 bridgehead atoms. The average Bonchev–Trinajstić information content (AvgIpc) is 3.03. The van der Waals surface area contributed by atoms with E-state index in [2.05, 4.69) is 88.8 Å². The third-order valence-corrected chi connectivity index (χ3v) is 6.92. The predicted molar refractivity (Wildman–Crippen MR) is 121 cm³/mol. The minimum absolute atomic E-state index is 0. The second-order valence-corrected chi connectivity index (χ2v) is 18.7. The van der Waals surface area contributed by atoms with Crippen molar-refractivity contribution in [2.75, 3.05) is 0 Å². The average molecular weight is 585 g/mol. The Morgan fingerprint density at radius 1 is 0.750 bits per heavy atom. The first kappa shape index (κ1) is 32.7. The first-order valence-corrected chi connectivity index (χ1v) is 17.2. The molecule has 0 aromatic rings. The second-order valence-electron chi connectivity index (χ2n) is 7.47. The molecule has 0 spiro atoms. The van der Waals surface area contributed by atoms with Crippen molar-refractivity contribution in [1.82, 2.24) is 0 Å². The minimum atomic E-state index is -1.01. The summed E-state index contributed by atoms with van der Waals surface area (Å²) in [6.07, 6.45) is 17.6. The van der Waals surface area contributed by atoms with Crippen LogP contribution in [0.4, 0.5) is 0 Å². The van der Waals surface area contributed by atoms with Gasteiger partial charge in [0.1, 0.15) is 0 Å². The zero-order valence-electron chi connectivity index (χ0n) is 16.6. The molecule has 0 aromatic heterocycles. The maximum atomic E-state index is 3.36. The van der Waals surface area contributed by atoms with Crippen molar-refractivity contribution in [3.05, 3.63) is 46.8 Å². The molecule has 0 saturated carbocycles. The maximum Gasteiger partial charge on any atom is 0.0393 e. The Hall–Kier alpha value is 1.06. The molecule has 6 heteroatoms. The van der Waals surface area contributed by atoms with Gasteiger partial charge in [0.05, 0.1) is 0 Å². The summed E-state index contributed by atoms with van der Waals surface area (Å²) in [6, 6.07) is 0. The zero-order valence-corrected chi connectivity index (χ0v) is 25.0. The van der Waals surface area contributed by atoms with Gasteiger partial charge in [-0.15, -0.1) is 37.7 Å². The summed E-state index contributed by atoms with van der Waals surface area (Å²) in [4.78, 5) is 0. The van der Waals surface area contributed by atoms with Gasteiger partial charge in [0.15, 0.2) is 0 Å². The van der Waals surface area contributed by atoms with E-state index in [-0.39, 0.29) is 50.7 Å². The smallest absolute Gasteiger partial charge is 0.0393 e. The maximum absolute atomic E-state index is 3.36. The van der Waals surface area contributed by atoms with E-state index in [1.165, 1.54) is 10.4 Å². The summed E-state index contributed by atoms with van der Waals surface area (Å²) < 4.78 is 0. The van der Waals surface area contributed by atoms with Crippen molar-refractivity contribution in [2.45, 2.75) is 65.2 Å². The fourth-order valence-electron chi connectivity index (χ4n) is 1.84. The van der Waals surface area contributed by atoms with Crippen molar-refractivity contribution in [3.63, 3.8) is 0 Å². The van der Waals surface area contributed by atoms with Gasteiger partial charge in [-0.3, -0.25) is 12.2 Å². The predicted octanol–water partition coefficient (Wildman–Crippen LogP) is 6.47.